The Labute approximate surface area is 177 Å². The van der Waals surface area contributed by atoms with Crippen molar-refractivity contribution in [2.24, 2.45) is 0 Å². The zero-order valence-electron chi connectivity index (χ0n) is 16.0. The first kappa shape index (κ1) is 19.5. The molecule has 4 rings (SSSR count). The van der Waals surface area contributed by atoms with Gasteiger partial charge < -0.3 is 9.47 Å². The first-order valence-corrected chi connectivity index (χ1v) is 10.1. The van der Waals surface area contributed by atoms with Crippen LogP contribution in [0.1, 0.15) is 5.56 Å². The van der Waals surface area contributed by atoms with Crippen LogP contribution in [0.2, 0.25) is 0 Å². The Kier molecular flexibility index (Phi) is 5.63. The molecule has 1 heterocycles. The largest absolute Gasteiger partial charge is 0.417 e. The number of fused-ring (bicyclic) bond motifs is 1. The molecule has 0 bridgehead atoms. The average Bonchev–Trinajstić information content (AvgIpc) is 3.14. The smallest absolute Gasteiger partial charge is 0.405 e. The van der Waals surface area contributed by atoms with Crippen molar-refractivity contribution in [1.82, 2.24) is 0 Å². The maximum absolute atomic E-state index is 12.4. The fourth-order valence-corrected chi connectivity index (χ4v) is 3.60. The highest BCUT2D eigenvalue weighted by atomic mass is 32.1. The van der Waals surface area contributed by atoms with Gasteiger partial charge in [-0.25, -0.2) is 9.59 Å². The zero-order valence-corrected chi connectivity index (χ0v) is 16.9. The van der Waals surface area contributed by atoms with E-state index in [4.69, 9.17) is 9.47 Å². The van der Waals surface area contributed by atoms with E-state index in [0.29, 0.717) is 11.4 Å². The van der Waals surface area contributed by atoms with Crippen molar-refractivity contribution in [2.45, 2.75) is 6.92 Å². The molecule has 0 saturated carbocycles. The van der Waals surface area contributed by atoms with E-state index >= 15 is 0 Å². The topological polar surface area (TPSA) is 76.7 Å². The number of nitrogens with one attached hydrogen (secondary N) is 2. The number of aryl methyl sites for hydroxylation is 1. The van der Waals surface area contributed by atoms with Crippen LogP contribution in [-0.4, -0.2) is 12.2 Å². The quantitative estimate of drug-likeness (QED) is 0.400. The third-order valence-corrected chi connectivity index (χ3v) is 4.99. The summed E-state index contributed by atoms with van der Waals surface area (Å²) in [6.07, 6.45) is -1.34. The van der Waals surface area contributed by atoms with E-state index in [1.54, 1.807) is 22.9 Å². The lowest BCUT2D eigenvalue weighted by molar-refractivity contribution is 0.205. The number of rotatable bonds is 4. The van der Waals surface area contributed by atoms with Crippen LogP contribution in [-0.2, 0) is 0 Å². The third kappa shape index (κ3) is 4.59. The van der Waals surface area contributed by atoms with Gasteiger partial charge in [0.05, 0.1) is 5.69 Å². The first-order valence-electron chi connectivity index (χ1n) is 9.17. The number of ether oxygens (including phenoxy) is 2. The molecule has 30 heavy (non-hydrogen) atoms. The van der Waals surface area contributed by atoms with Gasteiger partial charge in [-0.05, 0) is 36.1 Å². The lowest BCUT2D eigenvalue weighted by atomic mass is 10.1. The predicted octanol–water partition coefficient (Wildman–Crippen LogP) is 6.43. The molecular weight excluding hydrogens is 400 g/mol. The van der Waals surface area contributed by atoms with Gasteiger partial charge in [0.25, 0.3) is 0 Å². The number of carbonyl (C=O) groups is 2. The van der Waals surface area contributed by atoms with Gasteiger partial charge in [-0.2, -0.15) is 0 Å². The molecule has 0 aliphatic heterocycles. The summed E-state index contributed by atoms with van der Waals surface area (Å²) in [5, 5.41) is 10.5. The van der Waals surface area contributed by atoms with Crippen LogP contribution in [0.25, 0.3) is 10.8 Å². The van der Waals surface area contributed by atoms with Crippen molar-refractivity contribution in [3.05, 3.63) is 83.1 Å². The summed E-state index contributed by atoms with van der Waals surface area (Å²) in [6.45, 7) is 1.93. The molecule has 0 aliphatic rings. The normalized spacial score (nSPS) is 10.4. The standard InChI is InChI=1S/C23H18N2O4S/c1-15-6-4-9-17(12-15)24-22(26)28-20-13-30-14-21(20)29-23(27)25-19-11-5-8-16-7-2-3-10-18(16)19/h2-14H,1H3,(H,24,26)(H,25,27). The lowest BCUT2D eigenvalue weighted by Crippen LogP contribution is -2.19. The molecule has 0 atom stereocenters. The van der Waals surface area contributed by atoms with Crippen molar-refractivity contribution in [1.29, 1.82) is 0 Å². The molecule has 3 aromatic carbocycles. The fraction of sp³-hybridized carbons (Fsp3) is 0.0435. The van der Waals surface area contributed by atoms with E-state index < -0.39 is 12.2 Å². The molecule has 150 valence electrons. The van der Waals surface area contributed by atoms with Gasteiger partial charge in [0.15, 0.2) is 11.5 Å². The van der Waals surface area contributed by atoms with Crippen molar-refractivity contribution in [2.75, 3.05) is 10.6 Å². The fourth-order valence-electron chi connectivity index (χ4n) is 2.96. The van der Waals surface area contributed by atoms with E-state index in [1.165, 1.54) is 11.3 Å². The molecule has 0 unspecified atom stereocenters. The van der Waals surface area contributed by atoms with E-state index in [9.17, 15) is 9.59 Å². The van der Waals surface area contributed by atoms with E-state index in [1.807, 2.05) is 61.5 Å². The Morgan fingerprint density at radius 2 is 1.47 bits per heavy atom. The van der Waals surface area contributed by atoms with Gasteiger partial charge >= 0.3 is 12.2 Å². The van der Waals surface area contributed by atoms with Crippen molar-refractivity contribution < 1.29 is 19.1 Å². The van der Waals surface area contributed by atoms with Crippen molar-refractivity contribution in [3.63, 3.8) is 0 Å². The number of hydrogen-bond acceptors (Lipinski definition) is 5. The Morgan fingerprint density at radius 1 is 0.800 bits per heavy atom. The number of hydrogen-bond donors (Lipinski definition) is 2. The van der Waals surface area contributed by atoms with Crippen LogP contribution in [0.4, 0.5) is 21.0 Å². The van der Waals surface area contributed by atoms with E-state index in [2.05, 4.69) is 10.6 Å². The molecule has 7 heteroatoms. The summed E-state index contributed by atoms with van der Waals surface area (Å²) in [5.41, 5.74) is 2.26. The number of benzene rings is 3. The summed E-state index contributed by atoms with van der Waals surface area (Å²) in [4.78, 5) is 24.6. The van der Waals surface area contributed by atoms with E-state index in [0.717, 1.165) is 16.3 Å². The molecule has 4 aromatic rings. The zero-order chi connectivity index (χ0) is 20.9. The maximum Gasteiger partial charge on any atom is 0.417 e. The van der Waals surface area contributed by atoms with Crippen LogP contribution in [0.15, 0.2) is 77.5 Å². The van der Waals surface area contributed by atoms with Gasteiger partial charge in [-0.3, -0.25) is 10.6 Å². The summed E-state index contributed by atoms with van der Waals surface area (Å²) < 4.78 is 10.7. The second kappa shape index (κ2) is 8.67. The average molecular weight is 418 g/mol. The molecule has 2 amide bonds. The van der Waals surface area contributed by atoms with E-state index in [-0.39, 0.29) is 11.5 Å². The van der Waals surface area contributed by atoms with Crippen molar-refractivity contribution >= 4 is 45.7 Å². The van der Waals surface area contributed by atoms with Gasteiger partial charge in [0.2, 0.25) is 0 Å². The van der Waals surface area contributed by atoms with Crippen LogP contribution in [0, 0.1) is 6.92 Å². The summed E-state index contributed by atoms with van der Waals surface area (Å²) >= 11 is 1.26. The highest BCUT2D eigenvalue weighted by Gasteiger charge is 2.16. The summed E-state index contributed by atoms with van der Waals surface area (Å²) in [6, 6.07) is 20.7. The molecule has 0 radical (unpaired) electrons. The second-order valence-electron chi connectivity index (χ2n) is 6.53. The van der Waals surface area contributed by atoms with Gasteiger partial charge in [-0.1, -0.05) is 48.5 Å². The number of thiophene rings is 1. The monoisotopic (exact) mass is 418 g/mol. The summed E-state index contributed by atoms with van der Waals surface area (Å²) in [5.74, 6) is 0.329. The van der Waals surface area contributed by atoms with Crippen LogP contribution in [0.3, 0.4) is 0 Å². The Morgan fingerprint density at radius 3 is 2.23 bits per heavy atom. The second-order valence-corrected chi connectivity index (χ2v) is 7.27. The van der Waals surface area contributed by atoms with Gasteiger partial charge in [-0.15, -0.1) is 11.3 Å². The first-order chi connectivity index (χ1) is 14.6. The minimum atomic E-state index is -0.673. The summed E-state index contributed by atoms with van der Waals surface area (Å²) in [7, 11) is 0. The maximum atomic E-state index is 12.4. The Balaban J connectivity index is 1.41. The number of anilines is 2. The molecular formula is C23H18N2O4S. The van der Waals surface area contributed by atoms with Crippen molar-refractivity contribution in [3.8, 4) is 11.5 Å². The van der Waals surface area contributed by atoms with Gasteiger partial charge in [0, 0.05) is 21.8 Å². The molecule has 6 nitrogen and oxygen atoms in total. The van der Waals surface area contributed by atoms with Crippen LogP contribution < -0.4 is 20.1 Å². The molecule has 0 fully saturated rings. The molecule has 2 N–H and O–H groups in total. The minimum absolute atomic E-state index is 0.164. The lowest BCUT2D eigenvalue weighted by Gasteiger charge is -2.10. The Hall–Kier alpha value is -3.84. The molecule has 0 spiro atoms. The minimum Gasteiger partial charge on any atom is -0.405 e. The Bertz CT molecular complexity index is 1210. The highest BCUT2D eigenvalue weighted by Crippen LogP contribution is 2.32. The molecule has 0 saturated heterocycles. The van der Waals surface area contributed by atoms with Gasteiger partial charge in [0.1, 0.15) is 0 Å². The molecule has 0 aliphatic carbocycles. The highest BCUT2D eigenvalue weighted by molar-refractivity contribution is 7.08. The van der Waals surface area contributed by atoms with Crippen LogP contribution in [0.5, 0.6) is 11.5 Å². The number of amides is 2. The molecule has 1 aromatic heterocycles. The predicted molar refractivity (Wildman–Crippen MR) is 119 cm³/mol. The third-order valence-electron chi connectivity index (χ3n) is 4.29. The van der Waals surface area contributed by atoms with Crippen LogP contribution >= 0.6 is 11.3 Å². The number of carbonyl (C=O) groups excluding carboxylic acids is 2. The SMILES string of the molecule is Cc1cccc(NC(=O)Oc2cscc2OC(=O)Nc2cccc3ccccc23)c1.